The van der Waals surface area contributed by atoms with E-state index in [0.29, 0.717) is 29.5 Å². The number of aromatic nitrogens is 6. The highest BCUT2D eigenvalue weighted by atomic mass is 16.4. The average Bonchev–Trinajstić information content (AvgIpc) is 3.31. The van der Waals surface area contributed by atoms with E-state index in [0.717, 1.165) is 35.8 Å². The summed E-state index contributed by atoms with van der Waals surface area (Å²) >= 11 is 0. The molecule has 0 aliphatic carbocycles. The molecule has 0 saturated carbocycles. The SMILES string of the molecule is CC(C)n1c(=O)c2cnc(Nc3nc4c(o3)CCNC4)nc2n1-c1ccnc(C(C)(C)C)c1. The summed E-state index contributed by atoms with van der Waals surface area (Å²) in [4.78, 5) is 31.3. The maximum absolute atomic E-state index is 13.2. The normalized spacial score (nSPS) is 14.1. The summed E-state index contributed by atoms with van der Waals surface area (Å²) in [5.74, 6) is 1.18. The predicted octanol–water partition coefficient (Wildman–Crippen LogP) is 3.23. The summed E-state index contributed by atoms with van der Waals surface area (Å²) in [7, 11) is 0. The van der Waals surface area contributed by atoms with E-state index >= 15 is 0 Å². The lowest BCUT2D eigenvalue weighted by Crippen LogP contribution is -2.24. The zero-order chi connectivity index (χ0) is 23.3. The lowest BCUT2D eigenvalue weighted by molar-refractivity contribution is 0.474. The molecule has 0 spiro atoms. The number of nitrogens with one attached hydrogen (secondary N) is 2. The Labute approximate surface area is 191 Å². The highest BCUT2D eigenvalue weighted by molar-refractivity contribution is 5.77. The molecule has 5 heterocycles. The van der Waals surface area contributed by atoms with E-state index in [9.17, 15) is 4.79 Å². The molecule has 0 unspecified atom stereocenters. The van der Waals surface area contributed by atoms with Gasteiger partial charge in [-0.25, -0.2) is 14.3 Å². The molecule has 0 radical (unpaired) electrons. The van der Waals surface area contributed by atoms with Gasteiger partial charge in [0.25, 0.3) is 5.56 Å². The van der Waals surface area contributed by atoms with Crippen LogP contribution in [0.5, 0.6) is 0 Å². The van der Waals surface area contributed by atoms with Crippen LogP contribution < -0.4 is 16.2 Å². The topological polar surface area (TPSA) is 116 Å². The zero-order valence-electron chi connectivity index (χ0n) is 19.5. The number of oxazole rings is 1. The maximum atomic E-state index is 13.2. The Balaban J connectivity index is 1.64. The lowest BCUT2D eigenvalue weighted by Gasteiger charge is -2.20. The molecular formula is C23H28N8O2. The Kier molecular flexibility index (Phi) is 5.04. The Bertz CT molecular complexity index is 1370. The Morgan fingerprint density at radius 3 is 2.76 bits per heavy atom. The molecule has 0 saturated heterocycles. The van der Waals surface area contributed by atoms with E-state index < -0.39 is 0 Å². The quantitative estimate of drug-likeness (QED) is 0.489. The molecule has 4 aromatic heterocycles. The second-order valence-corrected chi connectivity index (χ2v) is 9.58. The minimum atomic E-state index is -0.140. The maximum Gasteiger partial charge on any atom is 0.302 e. The molecule has 33 heavy (non-hydrogen) atoms. The third kappa shape index (κ3) is 3.80. The van der Waals surface area contributed by atoms with Gasteiger partial charge in [0.1, 0.15) is 11.1 Å². The van der Waals surface area contributed by atoms with Crippen molar-refractivity contribution in [3.63, 3.8) is 0 Å². The van der Waals surface area contributed by atoms with Gasteiger partial charge in [0.15, 0.2) is 5.65 Å². The van der Waals surface area contributed by atoms with Crippen LogP contribution in [0, 0.1) is 0 Å². The van der Waals surface area contributed by atoms with Crippen LogP contribution in [0.1, 0.15) is 57.8 Å². The van der Waals surface area contributed by atoms with Crippen LogP contribution in [0.4, 0.5) is 12.0 Å². The number of hydrogen-bond acceptors (Lipinski definition) is 8. The molecule has 0 bridgehead atoms. The lowest BCUT2D eigenvalue weighted by atomic mass is 9.91. The van der Waals surface area contributed by atoms with Crippen LogP contribution in [0.15, 0.2) is 33.7 Å². The fourth-order valence-corrected chi connectivity index (χ4v) is 4.01. The summed E-state index contributed by atoms with van der Waals surface area (Å²) in [6.45, 7) is 11.8. The van der Waals surface area contributed by atoms with Crippen molar-refractivity contribution in [3.8, 4) is 5.69 Å². The minimum absolute atomic E-state index is 0.0830. The molecule has 0 aromatic carbocycles. The fourth-order valence-electron chi connectivity index (χ4n) is 4.01. The zero-order valence-corrected chi connectivity index (χ0v) is 19.5. The van der Waals surface area contributed by atoms with Crippen LogP contribution in [-0.4, -0.2) is 35.8 Å². The highest BCUT2D eigenvalue weighted by Gasteiger charge is 2.23. The van der Waals surface area contributed by atoms with Crippen molar-refractivity contribution < 1.29 is 4.42 Å². The average molecular weight is 449 g/mol. The third-order valence-electron chi connectivity index (χ3n) is 5.69. The van der Waals surface area contributed by atoms with Crippen molar-refractivity contribution in [2.75, 3.05) is 11.9 Å². The van der Waals surface area contributed by atoms with Gasteiger partial charge in [0.05, 0.1) is 11.4 Å². The smallest absolute Gasteiger partial charge is 0.302 e. The van der Waals surface area contributed by atoms with Crippen molar-refractivity contribution in [1.82, 2.24) is 34.6 Å². The van der Waals surface area contributed by atoms with Gasteiger partial charge in [0.2, 0.25) is 5.95 Å². The van der Waals surface area contributed by atoms with Gasteiger partial charge in [-0.1, -0.05) is 20.8 Å². The second-order valence-electron chi connectivity index (χ2n) is 9.58. The van der Waals surface area contributed by atoms with Crippen LogP contribution in [0.2, 0.25) is 0 Å². The highest BCUT2D eigenvalue weighted by Crippen LogP contribution is 2.25. The van der Waals surface area contributed by atoms with Crippen molar-refractivity contribution in [1.29, 1.82) is 0 Å². The largest absolute Gasteiger partial charge is 0.428 e. The van der Waals surface area contributed by atoms with Crippen LogP contribution in [0.3, 0.4) is 0 Å². The number of pyridine rings is 1. The summed E-state index contributed by atoms with van der Waals surface area (Å²) in [6, 6.07) is 4.15. The van der Waals surface area contributed by atoms with E-state index in [4.69, 9.17) is 9.40 Å². The first kappa shape index (κ1) is 21.3. The van der Waals surface area contributed by atoms with Crippen LogP contribution in [0.25, 0.3) is 16.7 Å². The molecular weight excluding hydrogens is 420 g/mol. The Hall–Kier alpha value is -3.53. The second kappa shape index (κ2) is 7.80. The standard InChI is InChI=1S/C23H28N8O2/c1-13(2)30-20(32)15-11-26-21(29-22-27-16-12-24-8-7-17(16)33-22)28-19(15)31(30)14-6-9-25-18(10-14)23(3,4)5/h6,9-11,13,24H,7-8,12H2,1-5H3,(H,26,27,28,29). The van der Waals surface area contributed by atoms with Crippen molar-refractivity contribution in [3.05, 3.63) is 52.0 Å². The van der Waals surface area contributed by atoms with E-state index in [1.54, 1.807) is 17.1 Å². The van der Waals surface area contributed by atoms with E-state index in [1.165, 1.54) is 0 Å². The number of rotatable bonds is 4. The number of anilines is 2. The summed E-state index contributed by atoms with van der Waals surface area (Å²) in [5.41, 5.74) is 2.87. The van der Waals surface area contributed by atoms with Crippen molar-refractivity contribution in [2.45, 2.75) is 59.0 Å². The first-order chi connectivity index (χ1) is 15.7. The summed E-state index contributed by atoms with van der Waals surface area (Å²) < 4.78 is 9.37. The third-order valence-corrected chi connectivity index (χ3v) is 5.69. The fraction of sp³-hybridized carbons (Fsp3) is 0.435. The van der Waals surface area contributed by atoms with Gasteiger partial charge in [-0.2, -0.15) is 9.97 Å². The summed E-state index contributed by atoms with van der Waals surface area (Å²) in [5, 5.41) is 6.78. The van der Waals surface area contributed by atoms with E-state index in [1.807, 2.05) is 30.7 Å². The Morgan fingerprint density at radius 2 is 2.03 bits per heavy atom. The first-order valence-corrected chi connectivity index (χ1v) is 11.2. The number of nitrogens with zero attached hydrogens (tertiary/aromatic N) is 6. The first-order valence-electron chi connectivity index (χ1n) is 11.2. The van der Waals surface area contributed by atoms with Gasteiger partial charge >= 0.3 is 6.01 Å². The van der Waals surface area contributed by atoms with E-state index in [2.05, 4.69) is 46.4 Å². The van der Waals surface area contributed by atoms with Crippen molar-refractivity contribution >= 4 is 23.0 Å². The molecule has 1 aliphatic heterocycles. The number of fused-ring (bicyclic) bond motifs is 2. The molecule has 172 valence electrons. The van der Waals surface area contributed by atoms with Gasteiger partial charge in [-0.15, -0.1) is 0 Å². The molecule has 5 rings (SSSR count). The number of hydrogen-bond donors (Lipinski definition) is 2. The van der Waals surface area contributed by atoms with E-state index in [-0.39, 0.29) is 17.0 Å². The summed E-state index contributed by atoms with van der Waals surface area (Å²) in [6.07, 6.45) is 4.11. The molecule has 0 atom stereocenters. The molecule has 10 heteroatoms. The minimum Gasteiger partial charge on any atom is -0.428 e. The van der Waals surface area contributed by atoms with Gasteiger partial charge in [-0.3, -0.25) is 15.1 Å². The van der Waals surface area contributed by atoms with Crippen LogP contribution in [-0.2, 0) is 18.4 Å². The van der Waals surface area contributed by atoms with Crippen LogP contribution >= 0.6 is 0 Å². The monoisotopic (exact) mass is 448 g/mol. The van der Waals surface area contributed by atoms with Crippen molar-refractivity contribution in [2.24, 2.45) is 0 Å². The molecule has 0 amide bonds. The molecule has 0 fully saturated rings. The van der Waals surface area contributed by atoms with Gasteiger partial charge < -0.3 is 9.73 Å². The molecule has 2 N–H and O–H groups in total. The van der Waals surface area contributed by atoms with Gasteiger partial charge in [-0.05, 0) is 26.0 Å². The molecule has 4 aromatic rings. The predicted molar refractivity (Wildman–Crippen MR) is 125 cm³/mol. The molecule has 10 nitrogen and oxygen atoms in total. The van der Waals surface area contributed by atoms with Gasteiger partial charge in [0, 0.05) is 49.1 Å². The molecule has 1 aliphatic rings. The Morgan fingerprint density at radius 1 is 1.21 bits per heavy atom.